The molecule has 0 aromatic heterocycles. The first-order chi connectivity index (χ1) is 8.05. The summed E-state index contributed by atoms with van der Waals surface area (Å²) in [5.41, 5.74) is 0.482. The van der Waals surface area contributed by atoms with Crippen molar-refractivity contribution in [2.45, 2.75) is 85.1 Å². The Balaban J connectivity index is 2.53. The van der Waals surface area contributed by atoms with Gasteiger partial charge in [-0.15, -0.1) is 0 Å². The van der Waals surface area contributed by atoms with E-state index in [1.807, 2.05) is 0 Å². The molecule has 2 atom stereocenters. The van der Waals surface area contributed by atoms with Gasteiger partial charge in [-0.1, -0.05) is 66.2 Å². The van der Waals surface area contributed by atoms with E-state index < -0.39 is 0 Å². The molecule has 0 radical (unpaired) electrons. The van der Waals surface area contributed by atoms with Gasteiger partial charge in [0.1, 0.15) is 0 Å². The van der Waals surface area contributed by atoms with Crippen LogP contribution in [0.25, 0.3) is 0 Å². The number of rotatable bonds is 2. The Morgan fingerprint density at radius 1 is 1.12 bits per heavy atom. The van der Waals surface area contributed by atoms with Crippen molar-refractivity contribution >= 4 is 0 Å². The van der Waals surface area contributed by atoms with Crippen molar-refractivity contribution in [1.29, 1.82) is 0 Å². The standard InChI is InChI=1S/C16H33N/c1-5-14(2)15-11-9-7-6-8-10-12-16(3,4)13-17-15/h14-15,17H,5-13H2,1-4H3. The number of hydrogen-bond acceptors (Lipinski definition) is 1. The smallest absolute Gasteiger partial charge is 0.00928 e. The highest BCUT2D eigenvalue weighted by atomic mass is 14.9. The molecule has 0 aromatic rings. The Labute approximate surface area is 109 Å². The molecule has 1 heterocycles. The summed E-state index contributed by atoms with van der Waals surface area (Å²) in [5, 5.41) is 3.86. The van der Waals surface area contributed by atoms with E-state index >= 15 is 0 Å². The Hall–Kier alpha value is -0.0400. The first-order valence-corrected chi connectivity index (χ1v) is 7.78. The summed E-state index contributed by atoms with van der Waals surface area (Å²) in [6.45, 7) is 10.8. The van der Waals surface area contributed by atoms with E-state index in [2.05, 4.69) is 33.0 Å². The minimum atomic E-state index is 0.482. The highest BCUT2D eigenvalue weighted by Crippen LogP contribution is 2.26. The first kappa shape index (κ1) is 15.0. The lowest BCUT2D eigenvalue weighted by molar-refractivity contribution is 0.258. The van der Waals surface area contributed by atoms with E-state index in [9.17, 15) is 0 Å². The van der Waals surface area contributed by atoms with Crippen LogP contribution in [0.5, 0.6) is 0 Å². The number of nitrogens with one attached hydrogen (secondary N) is 1. The van der Waals surface area contributed by atoms with E-state index in [0.29, 0.717) is 5.41 Å². The Morgan fingerprint density at radius 2 is 1.76 bits per heavy atom. The van der Waals surface area contributed by atoms with Crippen LogP contribution in [0.15, 0.2) is 0 Å². The molecule has 0 amide bonds. The summed E-state index contributed by atoms with van der Waals surface area (Å²) in [6, 6.07) is 0.748. The van der Waals surface area contributed by atoms with Crippen LogP contribution >= 0.6 is 0 Å². The van der Waals surface area contributed by atoms with Crippen LogP contribution in [0.2, 0.25) is 0 Å². The van der Waals surface area contributed by atoms with Gasteiger partial charge in [0.2, 0.25) is 0 Å². The predicted octanol–water partition coefficient (Wildman–Crippen LogP) is 4.76. The second-order valence-electron chi connectivity index (χ2n) is 6.84. The Kier molecular flexibility index (Phi) is 6.54. The average molecular weight is 239 g/mol. The average Bonchev–Trinajstić information content (AvgIpc) is 2.33. The SMILES string of the molecule is CCC(C)C1CCCCCCCC(C)(C)CN1. The van der Waals surface area contributed by atoms with Gasteiger partial charge in [-0.2, -0.15) is 0 Å². The van der Waals surface area contributed by atoms with E-state index in [0.717, 1.165) is 12.0 Å². The maximum atomic E-state index is 3.86. The minimum absolute atomic E-state index is 0.482. The molecule has 1 saturated heterocycles. The van der Waals surface area contributed by atoms with E-state index in [1.54, 1.807) is 0 Å². The van der Waals surface area contributed by atoms with Crippen LogP contribution < -0.4 is 5.32 Å². The molecule has 0 aliphatic carbocycles. The molecule has 1 N–H and O–H groups in total. The van der Waals surface area contributed by atoms with Gasteiger partial charge in [-0.05, 0) is 24.2 Å². The summed E-state index contributed by atoms with van der Waals surface area (Å²) in [5.74, 6) is 0.826. The van der Waals surface area contributed by atoms with Gasteiger partial charge in [0.25, 0.3) is 0 Å². The molecule has 1 heteroatoms. The van der Waals surface area contributed by atoms with E-state index in [4.69, 9.17) is 0 Å². The summed E-state index contributed by atoms with van der Waals surface area (Å²) < 4.78 is 0. The number of hydrogen-bond donors (Lipinski definition) is 1. The molecule has 1 nitrogen and oxygen atoms in total. The topological polar surface area (TPSA) is 12.0 Å². The first-order valence-electron chi connectivity index (χ1n) is 7.78. The van der Waals surface area contributed by atoms with Gasteiger partial charge in [-0.25, -0.2) is 0 Å². The maximum absolute atomic E-state index is 3.86. The zero-order chi connectivity index (χ0) is 12.7. The third-order valence-corrected chi connectivity index (χ3v) is 4.54. The fourth-order valence-corrected chi connectivity index (χ4v) is 2.87. The second-order valence-corrected chi connectivity index (χ2v) is 6.84. The molecule has 102 valence electrons. The van der Waals surface area contributed by atoms with Crippen LogP contribution in [-0.4, -0.2) is 12.6 Å². The molecular weight excluding hydrogens is 206 g/mol. The Bertz CT molecular complexity index is 198. The van der Waals surface area contributed by atoms with E-state index in [-0.39, 0.29) is 0 Å². The fourth-order valence-electron chi connectivity index (χ4n) is 2.87. The molecule has 0 saturated carbocycles. The van der Waals surface area contributed by atoms with Crippen molar-refractivity contribution in [2.75, 3.05) is 6.54 Å². The van der Waals surface area contributed by atoms with Crippen molar-refractivity contribution in [3.8, 4) is 0 Å². The lowest BCUT2D eigenvalue weighted by Crippen LogP contribution is -2.40. The molecule has 0 aromatic carbocycles. The molecule has 1 fully saturated rings. The van der Waals surface area contributed by atoms with Crippen LogP contribution in [-0.2, 0) is 0 Å². The third-order valence-electron chi connectivity index (χ3n) is 4.54. The molecule has 0 bridgehead atoms. The molecule has 17 heavy (non-hydrogen) atoms. The summed E-state index contributed by atoms with van der Waals surface area (Å²) in [4.78, 5) is 0. The maximum Gasteiger partial charge on any atom is 0.00928 e. The minimum Gasteiger partial charge on any atom is -0.313 e. The summed E-state index contributed by atoms with van der Waals surface area (Å²) in [6.07, 6.45) is 11.2. The zero-order valence-corrected chi connectivity index (χ0v) is 12.5. The molecule has 1 aliphatic heterocycles. The van der Waals surface area contributed by atoms with E-state index in [1.165, 1.54) is 57.9 Å². The van der Waals surface area contributed by atoms with Crippen molar-refractivity contribution in [3.63, 3.8) is 0 Å². The fraction of sp³-hybridized carbons (Fsp3) is 1.00. The monoisotopic (exact) mass is 239 g/mol. The van der Waals surface area contributed by atoms with Crippen molar-refractivity contribution < 1.29 is 0 Å². The molecule has 1 aliphatic rings. The van der Waals surface area contributed by atoms with Crippen molar-refractivity contribution in [3.05, 3.63) is 0 Å². The molecular formula is C16H33N. The molecule has 2 unspecified atom stereocenters. The zero-order valence-electron chi connectivity index (χ0n) is 12.5. The highest BCUT2D eigenvalue weighted by molar-refractivity contribution is 4.79. The predicted molar refractivity (Wildman–Crippen MR) is 77.3 cm³/mol. The van der Waals surface area contributed by atoms with Crippen molar-refractivity contribution in [2.24, 2.45) is 11.3 Å². The van der Waals surface area contributed by atoms with Crippen LogP contribution in [0.4, 0.5) is 0 Å². The normalized spacial score (nSPS) is 29.3. The van der Waals surface area contributed by atoms with Gasteiger partial charge in [-0.3, -0.25) is 0 Å². The van der Waals surface area contributed by atoms with Gasteiger partial charge in [0, 0.05) is 12.6 Å². The largest absolute Gasteiger partial charge is 0.313 e. The Morgan fingerprint density at radius 3 is 2.47 bits per heavy atom. The molecule has 0 spiro atoms. The summed E-state index contributed by atoms with van der Waals surface area (Å²) in [7, 11) is 0. The van der Waals surface area contributed by atoms with Crippen LogP contribution in [0, 0.1) is 11.3 Å². The highest BCUT2D eigenvalue weighted by Gasteiger charge is 2.22. The van der Waals surface area contributed by atoms with Crippen LogP contribution in [0.1, 0.15) is 79.1 Å². The van der Waals surface area contributed by atoms with Gasteiger partial charge in [0.05, 0.1) is 0 Å². The summed E-state index contributed by atoms with van der Waals surface area (Å²) >= 11 is 0. The quantitative estimate of drug-likeness (QED) is 0.732. The second kappa shape index (κ2) is 7.41. The molecule has 1 rings (SSSR count). The third kappa shape index (κ3) is 5.90. The van der Waals surface area contributed by atoms with Gasteiger partial charge < -0.3 is 5.32 Å². The van der Waals surface area contributed by atoms with Gasteiger partial charge >= 0.3 is 0 Å². The lowest BCUT2D eigenvalue weighted by atomic mass is 9.86. The lowest BCUT2D eigenvalue weighted by Gasteiger charge is -2.30. The van der Waals surface area contributed by atoms with Crippen LogP contribution in [0.3, 0.4) is 0 Å². The van der Waals surface area contributed by atoms with Crippen molar-refractivity contribution in [1.82, 2.24) is 5.32 Å². The van der Waals surface area contributed by atoms with Gasteiger partial charge in [0.15, 0.2) is 0 Å².